The third-order valence-corrected chi connectivity index (χ3v) is 1.22. The highest BCUT2D eigenvalue weighted by Crippen LogP contribution is 2.25. The third-order valence-electron chi connectivity index (χ3n) is 1.22. The molecule has 0 spiro atoms. The molecule has 1 aromatic rings. The van der Waals surface area contributed by atoms with E-state index in [1.165, 1.54) is 12.1 Å². The Balaban J connectivity index is 3.17. The zero-order valence-electron chi connectivity index (χ0n) is 5.20. The number of hydrogen-bond acceptors (Lipinski definition) is 3. The van der Waals surface area contributed by atoms with Gasteiger partial charge < -0.3 is 15.3 Å². The normalized spacial score (nSPS) is 9.70. The van der Waals surface area contributed by atoms with E-state index in [9.17, 15) is 0 Å². The zero-order valence-corrected chi connectivity index (χ0v) is 5.20. The molecule has 0 saturated carbocycles. The summed E-state index contributed by atoms with van der Waals surface area (Å²) >= 11 is 0. The highest BCUT2D eigenvalue weighted by atomic mass is 16.3. The molecular weight excluding hydrogens is 132 g/mol. The molecule has 10 heavy (non-hydrogen) atoms. The second-order valence-corrected chi connectivity index (χ2v) is 1.86. The van der Waals surface area contributed by atoms with Crippen molar-refractivity contribution in [1.29, 1.82) is 0 Å². The van der Waals surface area contributed by atoms with Crippen LogP contribution < -0.4 is 0 Å². The molecule has 3 nitrogen and oxygen atoms in total. The van der Waals surface area contributed by atoms with Crippen molar-refractivity contribution in [3.63, 3.8) is 0 Å². The Hall–Kier alpha value is -1.22. The number of aromatic hydroxyl groups is 2. The van der Waals surface area contributed by atoms with E-state index in [2.05, 4.69) is 6.07 Å². The van der Waals surface area contributed by atoms with Crippen LogP contribution in [0.5, 0.6) is 11.5 Å². The molecule has 1 rings (SSSR count). The minimum Gasteiger partial charge on any atom is -0.507 e. The van der Waals surface area contributed by atoms with Gasteiger partial charge in [0.2, 0.25) is 0 Å². The van der Waals surface area contributed by atoms with Gasteiger partial charge in [-0.15, -0.1) is 0 Å². The van der Waals surface area contributed by atoms with Crippen LogP contribution in [0.15, 0.2) is 12.1 Å². The number of aliphatic hydroxyl groups is 1. The molecule has 0 saturated heterocycles. The van der Waals surface area contributed by atoms with Gasteiger partial charge in [-0.25, -0.2) is 0 Å². The lowest BCUT2D eigenvalue weighted by Crippen LogP contribution is -1.83. The van der Waals surface area contributed by atoms with Crippen molar-refractivity contribution in [3.8, 4) is 11.5 Å². The van der Waals surface area contributed by atoms with Gasteiger partial charge in [0.25, 0.3) is 0 Å². The van der Waals surface area contributed by atoms with E-state index in [1.807, 2.05) is 0 Å². The average molecular weight is 139 g/mol. The Kier molecular flexibility index (Phi) is 1.78. The number of hydrogen-bond donors (Lipinski definition) is 3. The van der Waals surface area contributed by atoms with E-state index in [0.717, 1.165) is 0 Å². The number of phenols is 2. The van der Waals surface area contributed by atoms with Crippen LogP contribution in [-0.2, 0) is 6.61 Å². The molecule has 0 aromatic heterocycles. The molecule has 0 aliphatic rings. The fourth-order valence-electron chi connectivity index (χ4n) is 0.667. The summed E-state index contributed by atoms with van der Waals surface area (Å²) in [6, 6.07) is 5.06. The molecule has 0 bridgehead atoms. The van der Waals surface area contributed by atoms with E-state index >= 15 is 0 Å². The summed E-state index contributed by atoms with van der Waals surface area (Å²) in [4.78, 5) is 0. The number of rotatable bonds is 1. The summed E-state index contributed by atoms with van der Waals surface area (Å²) in [6.45, 7) is -0.369. The van der Waals surface area contributed by atoms with Crippen molar-refractivity contribution in [2.24, 2.45) is 0 Å². The molecule has 0 unspecified atom stereocenters. The van der Waals surface area contributed by atoms with Gasteiger partial charge in [-0.1, -0.05) is 0 Å². The van der Waals surface area contributed by atoms with E-state index in [-0.39, 0.29) is 23.7 Å². The lowest BCUT2D eigenvalue weighted by atomic mass is 10.2. The summed E-state index contributed by atoms with van der Waals surface area (Å²) in [5.74, 6) is -0.273. The molecule has 0 aliphatic carbocycles. The smallest absolute Gasteiger partial charge is 0.125 e. The predicted octanol–water partition coefficient (Wildman–Crippen LogP) is 0.390. The van der Waals surface area contributed by atoms with Gasteiger partial charge in [0.15, 0.2) is 0 Å². The van der Waals surface area contributed by atoms with Crippen molar-refractivity contribution >= 4 is 0 Å². The summed E-state index contributed by atoms with van der Waals surface area (Å²) in [6.07, 6.45) is 0. The van der Waals surface area contributed by atoms with Crippen molar-refractivity contribution in [2.75, 3.05) is 0 Å². The molecule has 0 atom stereocenters. The fourth-order valence-corrected chi connectivity index (χ4v) is 0.667. The molecule has 1 aromatic carbocycles. The molecule has 0 fully saturated rings. The van der Waals surface area contributed by atoms with Crippen LogP contribution in [0.3, 0.4) is 0 Å². The first kappa shape index (κ1) is 6.89. The molecule has 53 valence electrons. The van der Waals surface area contributed by atoms with Crippen molar-refractivity contribution in [2.45, 2.75) is 6.61 Å². The lowest BCUT2D eigenvalue weighted by Gasteiger charge is -2.01. The summed E-state index contributed by atoms with van der Waals surface area (Å²) < 4.78 is 0. The minimum absolute atomic E-state index is 0.137. The standard InChI is InChI=1S/C7H7O3/c8-4-5-6(9)2-1-3-7(5)10/h2-3,8-10H,4H2. The van der Waals surface area contributed by atoms with E-state index in [0.29, 0.717) is 0 Å². The molecule has 0 aliphatic heterocycles. The van der Waals surface area contributed by atoms with Gasteiger partial charge in [-0.3, -0.25) is 0 Å². The van der Waals surface area contributed by atoms with Crippen LogP contribution in [0.1, 0.15) is 5.56 Å². The molecule has 1 radical (unpaired) electrons. The van der Waals surface area contributed by atoms with Gasteiger partial charge >= 0.3 is 0 Å². The van der Waals surface area contributed by atoms with E-state index < -0.39 is 0 Å². The maximum atomic E-state index is 8.94. The fraction of sp³-hybridized carbons (Fsp3) is 0.143. The van der Waals surface area contributed by atoms with Gasteiger partial charge in [-0.2, -0.15) is 0 Å². The maximum Gasteiger partial charge on any atom is 0.125 e. The van der Waals surface area contributed by atoms with Crippen LogP contribution in [0.2, 0.25) is 0 Å². The maximum absolute atomic E-state index is 8.94. The van der Waals surface area contributed by atoms with Crippen molar-refractivity contribution in [3.05, 3.63) is 23.8 Å². The largest absolute Gasteiger partial charge is 0.507 e. The first-order chi connectivity index (χ1) is 4.75. The van der Waals surface area contributed by atoms with Gasteiger partial charge in [-0.05, 0) is 18.2 Å². The number of aliphatic hydroxyl groups excluding tert-OH is 1. The van der Waals surface area contributed by atoms with Gasteiger partial charge in [0.1, 0.15) is 11.5 Å². The molecule has 3 heteroatoms. The van der Waals surface area contributed by atoms with Crippen molar-refractivity contribution in [1.82, 2.24) is 0 Å². The molecule has 0 heterocycles. The summed E-state index contributed by atoms with van der Waals surface area (Å²) in [5, 5.41) is 26.4. The second kappa shape index (κ2) is 2.58. The molecule has 0 amide bonds. The van der Waals surface area contributed by atoms with E-state index in [1.54, 1.807) is 0 Å². The van der Waals surface area contributed by atoms with Crippen LogP contribution >= 0.6 is 0 Å². The number of benzene rings is 1. The molecule has 3 N–H and O–H groups in total. The highest BCUT2D eigenvalue weighted by molar-refractivity contribution is 5.41. The lowest BCUT2D eigenvalue weighted by molar-refractivity contribution is 0.268. The Bertz CT molecular complexity index is 212. The van der Waals surface area contributed by atoms with Gasteiger partial charge in [0.05, 0.1) is 12.2 Å². The quantitative estimate of drug-likeness (QED) is 0.527. The van der Waals surface area contributed by atoms with Crippen molar-refractivity contribution < 1.29 is 15.3 Å². The minimum atomic E-state index is -0.369. The average Bonchev–Trinajstić information content (AvgIpc) is 1.88. The summed E-state index contributed by atoms with van der Waals surface area (Å²) in [5.41, 5.74) is 0.138. The zero-order chi connectivity index (χ0) is 7.56. The Morgan fingerprint density at radius 2 is 1.70 bits per heavy atom. The highest BCUT2D eigenvalue weighted by Gasteiger charge is 2.03. The van der Waals surface area contributed by atoms with Crippen LogP contribution in [0.25, 0.3) is 0 Å². The Labute approximate surface area is 58.2 Å². The van der Waals surface area contributed by atoms with E-state index in [4.69, 9.17) is 15.3 Å². The van der Waals surface area contributed by atoms with Crippen LogP contribution in [0.4, 0.5) is 0 Å². The van der Waals surface area contributed by atoms with Crippen LogP contribution in [-0.4, -0.2) is 15.3 Å². The third kappa shape index (κ3) is 1.04. The van der Waals surface area contributed by atoms with Gasteiger partial charge in [0, 0.05) is 0 Å². The Morgan fingerprint density at radius 3 is 2.00 bits per heavy atom. The topological polar surface area (TPSA) is 60.7 Å². The second-order valence-electron chi connectivity index (χ2n) is 1.86. The predicted molar refractivity (Wildman–Crippen MR) is 34.5 cm³/mol. The Morgan fingerprint density at radius 1 is 1.20 bits per heavy atom. The SMILES string of the molecule is OCc1c(O)c[c]cc1O. The monoisotopic (exact) mass is 139 g/mol. The first-order valence-corrected chi connectivity index (χ1v) is 2.77. The summed E-state index contributed by atoms with van der Waals surface area (Å²) in [7, 11) is 0. The first-order valence-electron chi connectivity index (χ1n) is 2.77. The molecular formula is C7H7O3. The van der Waals surface area contributed by atoms with Crippen LogP contribution in [0, 0.1) is 6.07 Å².